The number of carbonyl (C=O) groups is 2. The molecule has 0 bridgehead atoms. The van der Waals surface area contributed by atoms with Crippen LogP contribution in [-0.4, -0.2) is 26.8 Å². The summed E-state index contributed by atoms with van der Waals surface area (Å²) < 4.78 is 10.8. The van der Waals surface area contributed by atoms with E-state index in [-0.39, 0.29) is 0 Å². The van der Waals surface area contributed by atoms with Crippen molar-refractivity contribution in [2.45, 2.75) is 0 Å². The molecule has 6 nitrogen and oxygen atoms in total. The minimum atomic E-state index is 0.611. The van der Waals surface area contributed by atoms with Crippen LogP contribution >= 0.6 is 0 Å². The molecule has 0 aliphatic heterocycles. The van der Waals surface area contributed by atoms with E-state index in [4.69, 9.17) is 9.47 Å². The summed E-state index contributed by atoms with van der Waals surface area (Å²) in [6.07, 6.45) is 10.3. The first-order valence-electron chi connectivity index (χ1n) is 21.0. The van der Waals surface area contributed by atoms with Crippen molar-refractivity contribution in [2.24, 2.45) is 0 Å². The van der Waals surface area contributed by atoms with Gasteiger partial charge in [0, 0.05) is 45.3 Å². The van der Waals surface area contributed by atoms with Gasteiger partial charge in [-0.2, -0.15) is 0 Å². The highest BCUT2D eigenvalue weighted by Crippen LogP contribution is 2.37. The molecule has 0 atom stereocenters. The molecule has 0 unspecified atom stereocenters. The molecule has 6 heteroatoms. The number of ether oxygens (including phenoxy) is 2. The Kier molecular flexibility index (Phi) is 11.9. The third-order valence-corrected chi connectivity index (χ3v) is 11.3. The van der Waals surface area contributed by atoms with E-state index in [1.807, 2.05) is 48.5 Å². The summed E-state index contributed by atoms with van der Waals surface area (Å²) in [6.45, 7) is 0. The third kappa shape index (κ3) is 9.08. The average Bonchev–Trinajstić information content (AvgIpc) is 3.36. The Bertz CT molecular complexity index is 3020. The molecular formula is C58H44N2O4. The van der Waals surface area contributed by atoms with Gasteiger partial charge in [0.2, 0.25) is 0 Å². The van der Waals surface area contributed by atoms with E-state index in [0.29, 0.717) is 11.1 Å². The number of rotatable bonds is 14. The van der Waals surface area contributed by atoms with E-state index < -0.39 is 0 Å². The fourth-order valence-electron chi connectivity index (χ4n) is 7.86. The molecular weight excluding hydrogens is 789 g/mol. The number of hydrogen-bond acceptors (Lipinski definition) is 6. The molecule has 9 rings (SSSR count). The second-order valence-corrected chi connectivity index (χ2v) is 15.4. The Morgan fingerprint density at radius 2 is 0.562 bits per heavy atom. The van der Waals surface area contributed by atoms with Gasteiger partial charge in [-0.25, -0.2) is 0 Å². The lowest BCUT2D eigenvalue weighted by Gasteiger charge is -2.26. The molecule has 0 aliphatic carbocycles. The van der Waals surface area contributed by atoms with Gasteiger partial charge in [0.25, 0.3) is 0 Å². The van der Waals surface area contributed by atoms with Crippen molar-refractivity contribution >= 4 is 92.5 Å². The summed E-state index contributed by atoms with van der Waals surface area (Å²) in [4.78, 5) is 27.0. The molecule has 0 N–H and O–H groups in total. The van der Waals surface area contributed by atoms with Crippen LogP contribution in [0.3, 0.4) is 0 Å². The maximum atomic E-state index is 11.3. The fraction of sp³-hybridized carbons (Fsp3) is 0.0345. The predicted octanol–water partition coefficient (Wildman–Crippen LogP) is 14.9. The highest BCUT2D eigenvalue weighted by atomic mass is 16.5. The molecule has 0 radical (unpaired) electrons. The second-order valence-electron chi connectivity index (χ2n) is 15.4. The lowest BCUT2D eigenvalue weighted by molar-refractivity contribution is 0.111. The first-order valence-corrected chi connectivity index (χ1v) is 21.0. The van der Waals surface area contributed by atoms with Crippen LogP contribution in [0.15, 0.2) is 194 Å². The van der Waals surface area contributed by atoms with Crippen molar-refractivity contribution < 1.29 is 19.1 Å². The lowest BCUT2D eigenvalue weighted by atomic mass is 9.99. The van der Waals surface area contributed by atoms with Crippen LogP contribution in [0, 0.1) is 0 Å². The largest absolute Gasteiger partial charge is 0.497 e. The monoisotopic (exact) mass is 832 g/mol. The molecule has 0 saturated heterocycles. The van der Waals surface area contributed by atoms with Gasteiger partial charge in [-0.15, -0.1) is 0 Å². The number of anilines is 6. The van der Waals surface area contributed by atoms with Gasteiger partial charge >= 0.3 is 0 Å². The Hall–Kier alpha value is -8.48. The normalized spacial score (nSPS) is 11.3. The molecule has 0 amide bonds. The van der Waals surface area contributed by atoms with Crippen molar-refractivity contribution in [3.05, 3.63) is 228 Å². The zero-order valence-corrected chi connectivity index (χ0v) is 35.5. The van der Waals surface area contributed by atoms with Crippen molar-refractivity contribution in [1.29, 1.82) is 0 Å². The van der Waals surface area contributed by atoms with Gasteiger partial charge in [0.15, 0.2) is 0 Å². The fourth-order valence-corrected chi connectivity index (χ4v) is 7.86. The minimum absolute atomic E-state index is 0.611. The summed E-state index contributed by atoms with van der Waals surface area (Å²) >= 11 is 0. The van der Waals surface area contributed by atoms with Crippen LogP contribution in [0.4, 0.5) is 34.1 Å². The number of carbonyl (C=O) groups excluding carboxylic acids is 2. The number of methoxy groups -OCH3 is 2. The number of nitrogens with zero attached hydrogens (tertiary/aromatic N) is 2. The molecule has 9 aromatic carbocycles. The summed E-state index contributed by atoms with van der Waals surface area (Å²) in [5.74, 6) is 1.62. The van der Waals surface area contributed by atoms with E-state index in [1.54, 1.807) is 38.5 Å². The second kappa shape index (κ2) is 18.6. The Morgan fingerprint density at radius 1 is 0.297 bits per heavy atom. The smallest absolute Gasteiger partial charge is 0.150 e. The summed E-state index contributed by atoms with van der Waals surface area (Å²) in [5, 5.41) is 4.75. The molecule has 64 heavy (non-hydrogen) atoms. The number of benzene rings is 9. The molecule has 0 aromatic heterocycles. The summed E-state index contributed by atoms with van der Waals surface area (Å²) in [6, 6.07) is 65.7. The minimum Gasteiger partial charge on any atom is -0.497 e. The van der Waals surface area contributed by atoms with Gasteiger partial charge in [0.1, 0.15) is 24.1 Å². The summed E-state index contributed by atoms with van der Waals surface area (Å²) in [7, 11) is 3.35. The third-order valence-electron chi connectivity index (χ3n) is 11.3. The zero-order chi connectivity index (χ0) is 43.8. The Morgan fingerprint density at radius 3 is 0.859 bits per heavy atom. The quantitative estimate of drug-likeness (QED) is 0.0618. The number of hydrogen-bond donors (Lipinski definition) is 0. The van der Waals surface area contributed by atoms with Gasteiger partial charge < -0.3 is 19.3 Å². The molecule has 310 valence electrons. The molecule has 0 saturated carbocycles. The van der Waals surface area contributed by atoms with E-state index in [1.165, 1.54) is 21.5 Å². The maximum absolute atomic E-state index is 11.3. The van der Waals surface area contributed by atoms with Gasteiger partial charge in [-0.05, 0) is 189 Å². The van der Waals surface area contributed by atoms with E-state index >= 15 is 0 Å². The van der Waals surface area contributed by atoms with Gasteiger partial charge in [-0.3, -0.25) is 9.59 Å². The van der Waals surface area contributed by atoms with Gasteiger partial charge in [-0.1, -0.05) is 72.8 Å². The topological polar surface area (TPSA) is 59.1 Å². The average molecular weight is 833 g/mol. The lowest BCUT2D eigenvalue weighted by Crippen LogP contribution is -2.10. The van der Waals surface area contributed by atoms with Crippen LogP contribution in [-0.2, 0) is 0 Å². The molecule has 0 heterocycles. The molecule has 0 aliphatic rings. The van der Waals surface area contributed by atoms with Crippen LogP contribution in [0.5, 0.6) is 11.5 Å². The van der Waals surface area contributed by atoms with Crippen molar-refractivity contribution in [3.8, 4) is 11.5 Å². The Balaban J connectivity index is 0.900. The molecule has 9 aromatic rings. The highest BCUT2D eigenvalue weighted by Gasteiger charge is 2.14. The maximum Gasteiger partial charge on any atom is 0.150 e. The highest BCUT2D eigenvalue weighted by molar-refractivity contribution is 6.00. The SMILES string of the molecule is COc1ccc(N(c2ccc(/C=C/c3ccc4cc5cc(/C=C/c6ccc(N(c7ccc(C=O)cc7)c7ccc(C=O)cc7)cc6)ccc5cc4c3)cc2)c2ccc(OC)cc2)cc1. The first kappa shape index (κ1) is 40.9. The van der Waals surface area contributed by atoms with Crippen molar-refractivity contribution in [2.75, 3.05) is 24.0 Å². The standard InChI is InChI=1S/C58H44N2O4/c1-63-57-31-27-55(28-32-57)60(56-29-33-58(64-2)34-30-56)52-21-11-42(12-22-52)4-6-44-8-18-48-37-49-35-43(7-17-47(49)38-50(48)36-44)5-3-41-9-19-51(20-10-41)59(53-23-13-45(39-61)14-24-53)54-25-15-46(40-62)16-26-54/h3-40H,1-2H3/b5-3+,6-4+. The first-order chi connectivity index (χ1) is 31.5. The van der Waals surface area contributed by atoms with Crippen molar-refractivity contribution in [1.82, 2.24) is 0 Å². The van der Waals surface area contributed by atoms with Crippen LogP contribution in [0.1, 0.15) is 43.0 Å². The zero-order valence-electron chi connectivity index (χ0n) is 35.5. The van der Waals surface area contributed by atoms with Crippen LogP contribution in [0.2, 0.25) is 0 Å². The van der Waals surface area contributed by atoms with Gasteiger partial charge in [0.05, 0.1) is 14.2 Å². The van der Waals surface area contributed by atoms with Crippen LogP contribution in [0.25, 0.3) is 45.8 Å². The molecule has 0 spiro atoms. The number of aldehydes is 2. The van der Waals surface area contributed by atoms with E-state index in [9.17, 15) is 9.59 Å². The Labute approximate surface area is 373 Å². The molecule has 0 fully saturated rings. The number of fused-ring (bicyclic) bond motifs is 2. The van der Waals surface area contributed by atoms with Crippen LogP contribution < -0.4 is 19.3 Å². The predicted molar refractivity (Wildman–Crippen MR) is 265 cm³/mol. The van der Waals surface area contributed by atoms with E-state index in [0.717, 1.165) is 80.4 Å². The van der Waals surface area contributed by atoms with Crippen molar-refractivity contribution in [3.63, 3.8) is 0 Å². The van der Waals surface area contributed by atoms with E-state index in [2.05, 4.69) is 155 Å². The summed E-state index contributed by atoms with van der Waals surface area (Å²) in [5.41, 5.74) is 11.5.